The van der Waals surface area contributed by atoms with Crippen molar-refractivity contribution in [3.05, 3.63) is 45.3 Å². The summed E-state index contributed by atoms with van der Waals surface area (Å²) in [6.07, 6.45) is 1.11. The molecule has 162 valence electrons. The van der Waals surface area contributed by atoms with E-state index in [4.69, 9.17) is 25.8 Å². The van der Waals surface area contributed by atoms with Gasteiger partial charge in [0.05, 0.1) is 31.4 Å². The van der Waals surface area contributed by atoms with Crippen molar-refractivity contribution in [3.8, 4) is 11.5 Å². The summed E-state index contributed by atoms with van der Waals surface area (Å²) in [6.45, 7) is 7.96. The number of Topliss-reactive ketones (excluding diaryl/α,β-unsaturated/α-hetero) is 1. The number of allylic oxidation sites excluding steroid dienone is 3. The number of hydrogen-bond donors (Lipinski definition) is 1. The zero-order valence-electron chi connectivity index (χ0n) is 18.3. The average Bonchev–Trinajstić information content (AvgIpc) is 2.65. The van der Waals surface area contributed by atoms with Crippen LogP contribution < -0.4 is 14.8 Å². The summed E-state index contributed by atoms with van der Waals surface area (Å²) in [7, 11) is 3.03. The lowest BCUT2D eigenvalue weighted by Crippen LogP contribution is -2.38. The predicted molar refractivity (Wildman–Crippen MR) is 115 cm³/mol. The Hall–Kier alpha value is -2.47. The van der Waals surface area contributed by atoms with Crippen molar-refractivity contribution in [3.63, 3.8) is 0 Å². The van der Waals surface area contributed by atoms with Gasteiger partial charge in [0.1, 0.15) is 0 Å². The standard InChI is InChI=1S/C23H28ClNO5/c1-7-30-22(27)18-12(2)25-15-10-23(3,4)11-16(26)20(15)19(18)13-8-14(24)21(29-6)17(9-13)28-5/h8-9,19,25H,7,10-11H2,1-6H3/t19-/m0/s1. The molecule has 1 atom stereocenters. The number of benzene rings is 1. The maximum absolute atomic E-state index is 13.3. The molecule has 0 spiro atoms. The van der Waals surface area contributed by atoms with Crippen LogP contribution in [-0.4, -0.2) is 32.6 Å². The maximum Gasteiger partial charge on any atom is 0.336 e. The van der Waals surface area contributed by atoms with Crippen LogP contribution in [0.1, 0.15) is 52.0 Å². The number of hydrogen-bond acceptors (Lipinski definition) is 6. The lowest BCUT2D eigenvalue weighted by Gasteiger charge is -2.39. The predicted octanol–water partition coefficient (Wildman–Crippen LogP) is 4.52. The molecule has 1 heterocycles. The highest BCUT2D eigenvalue weighted by molar-refractivity contribution is 6.32. The first-order chi connectivity index (χ1) is 14.1. The molecule has 0 saturated heterocycles. The second kappa shape index (κ2) is 8.34. The van der Waals surface area contributed by atoms with Crippen molar-refractivity contribution < 1.29 is 23.8 Å². The number of carbonyl (C=O) groups excluding carboxylic acids is 2. The summed E-state index contributed by atoms with van der Waals surface area (Å²) in [5.41, 5.74) is 3.04. The van der Waals surface area contributed by atoms with Crippen LogP contribution in [0.5, 0.6) is 11.5 Å². The summed E-state index contributed by atoms with van der Waals surface area (Å²) in [5, 5.41) is 3.65. The Kier molecular flexibility index (Phi) is 6.18. The number of halogens is 1. The van der Waals surface area contributed by atoms with E-state index in [-0.39, 0.29) is 17.8 Å². The first kappa shape index (κ1) is 22.2. The smallest absolute Gasteiger partial charge is 0.336 e. The van der Waals surface area contributed by atoms with Gasteiger partial charge >= 0.3 is 5.97 Å². The van der Waals surface area contributed by atoms with Crippen LogP contribution >= 0.6 is 11.6 Å². The molecule has 0 aromatic heterocycles. The van der Waals surface area contributed by atoms with Crippen molar-refractivity contribution in [1.29, 1.82) is 0 Å². The highest BCUT2D eigenvalue weighted by Crippen LogP contribution is 2.49. The van der Waals surface area contributed by atoms with Gasteiger partial charge in [-0.3, -0.25) is 4.79 Å². The van der Waals surface area contributed by atoms with Crippen molar-refractivity contribution >= 4 is 23.4 Å². The largest absolute Gasteiger partial charge is 0.493 e. The zero-order chi connectivity index (χ0) is 22.2. The molecule has 0 fully saturated rings. The van der Waals surface area contributed by atoms with Crippen molar-refractivity contribution in [1.82, 2.24) is 5.32 Å². The van der Waals surface area contributed by atoms with Gasteiger partial charge in [-0.25, -0.2) is 4.79 Å². The number of nitrogens with one attached hydrogen (secondary N) is 1. The van der Waals surface area contributed by atoms with Crippen LogP contribution in [0.4, 0.5) is 0 Å². The molecule has 0 amide bonds. The molecule has 6 nitrogen and oxygen atoms in total. The van der Waals surface area contributed by atoms with Gasteiger partial charge < -0.3 is 19.5 Å². The minimum absolute atomic E-state index is 0.0129. The quantitative estimate of drug-likeness (QED) is 0.688. The average molecular weight is 434 g/mol. The molecule has 2 aliphatic rings. The number of methoxy groups -OCH3 is 2. The van der Waals surface area contributed by atoms with E-state index < -0.39 is 11.9 Å². The first-order valence-electron chi connectivity index (χ1n) is 9.96. The van der Waals surface area contributed by atoms with Gasteiger partial charge in [-0.05, 0) is 43.4 Å². The molecule has 1 aliphatic heterocycles. The second-order valence-corrected chi connectivity index (χ2v) is 8.80. The Morgan fingerprint density at radius 1 is 1.23 bits per heavy atom. The van der Waals surface area contributed by atoms with Gasteiger partial charge in [0.25, 0.3) is 0 Å². The number of dihydropyridines is 1. The van der Waals surface area contributed by atoms with Gasteiger partial charge in [-0.2, -0.15) is 0 Å². The number of ketones is 1. The first-order valence-corrected chi connectivity index (χ1v) is 10.3. The summed E-state index contributed by atoms with van der Waals surface area (Å²) in [5.74, 6) is -0.201. The van der Waals surface area contributed by atoms with E-state index in [9.17, 15) is 9.59 Å². The topological polar surface area (TPSA) is 73.9 Å². The summed E-state index contributed by atoms with van der Waals surface area (Å²) in [4.78, 5) is 26.2. The molecular weight excluding hydrogens is 406 g/mol. The highest BCUT2D eigenvalue weighted by Gasteiger charge is 2.43. The van der Waals surface area contributed by atoms with E-state index in [1.165, 1.54) is 14.2 Å². The van der Waals surface area contributed by atoms with Crippen LogP contribution in [-0.2, 0) is 14.3 Å². The minimum atomic E-state index is -0.596. The summed E-state index contributed by atoms with van der Waals surface area (Å²) < 4.78 is 16.1. The Morgan fingerprint density at radius 2 is 1.93 bits per heavy atom. The molecule has 1 N–H and O–H groups in total. The Bertz CT molecular complexity index is 961. The lowest BCUT2D eigenvalue weighted by atomic mass is 9.68. The molecule has 0 radical (unpaired) electrons. The zero-order valence-corrected chi connectivity index (χ0v) is 19.0. The van der Waals surface area contributed by atoms with Gasteiger partial charge in [0.15, 0.2) is 17.3 Å². The number of carbonyl (C=O) groups is 2. The Balaban J connectivity index is 2.25. The van der Waals surface area contributed by atoms with Crippen LogP contribution in [0.15, 0.2) is 34.7 Å². The molecule has 3 rings (SSSR count). The fourth-order valence-corrected chi connectivity index (χ4v) is 4.65. The van der Waals surface area contributed by atoms with Crippen molar-refractivity contribution in [2.45, 2.75) is 46.5 Å². The molecule has 0 saturated carbocycles. The molecule has 0 bridgehead atoms. The third-order valence-corrected chi connectivity index (χ3v) is 5.81. The van der Waals surface area contributed by atoms with Crippen LogP contribution in [0.3, 0.4) is 0 Å². The molecule has 1 aromatic rings. The number of esters is 1. The Morgan fingerprint density at radius 3 is 2.53 bits per heavy atom. The minimum Gasteiger partial charge on any atom is -0.493 e. The van der Waals surface area contributed by atoms with Gasteiger partial charge in [0.2, 0.25) is 0 Å². The van der Waals surface area contributed by atoms with Crippen LogP contribution in [0.25, 0.3) is 0 Å². The SMILES string of the molecule is CCOC(=O)C1=C(C)NC2=C(C(=O)CC(C)(C)C2)[C@H]1c1cc(Cl)c(OC)c(OC)c1. The van der Waals surface area contributed by atoms with E-state index in [2.05, 4.69) is 19.2 Å². The molecule has 1 aromatic carbocycles. The number of ether oxygens (including phenoxy) is 3. The normalized spacial score (nSPS) is 20.5. The fourth-order valence-electron chi connectivity index (χ4n) is 4.35. The van der Waals surface area contributed by atoms with E-state index in [1.54, 1.807) is 19.1 Å². The molecule has 7 heteroatoms. The van der Waals surface area contributed by atoms with Crippen molar-refractivity contribution in [2.24, 2.45) is 5.41 Å². The third-order valence-electron chi connectivity index (χ3n) is 5.52. The van der Waals surface area contributed by atoms with Gasteiger partial charge in [0, 0.05) is 29.3 Å². The molecule has 0 unspecified atom stereocenters. The second-order valence-electron chi connectivity index (χ2n) is 8.39. The number of rotatable bonds is 5. The molecule has 1 aliphatic carbocycles. The lowest BCUT2D eigenvalue weighted by molar-refractivity contribution is -0.138. The van der Waals surface area contributed by atoms with E-state index in [1.807, 2.05) is 6.92 Å². The third kappa shape index (κ3) is 3.93. The van der Waals surface area contributed by atoms with E-state index in [0.29, 0.717) is 51.8 Å². The summed E-state index contributed by atoms with van der Waals surface area (Å²) >= 11 is 6.46. The van der Waals surface area contributed by atoms with Crippen molar-refractivity contribution in [2.75, 3.05) is 20.8 Å². The van der Waals surface area contributed by atoms with Gasteiger partial charge in [-0.1, -0.05) is 25.4 Å². The molecule has 30 heavy (non-hydrogen) atoms. The van der Waals surface area contributed by atoms with Crippen LogP contribution in [0.2, 0.25) is 5.02 Å². The fraction of sp³-hybridized carbons (Fsp3) is 0.478. The highest BCUT2D eigenvalue weighted by atomic mass is 35.5. The van der Waals surface area contributed by atoms with Crippen LogP contribution in [0, 0.1) is 5.41 Å². The Labute approximate surface area is 182 Å². The maximum atomic E-state index is 13.3. The van der Waals surface area contributed by atoms with Gasteiger partial charge in [-0.15, -0.1) is 0 Å². The monoisotopic (exact) mass is 433 g/mol. The van der Waals surface area contributed by atoms with E-state index in [0.717, 1.165) is 5.70 Å². The van der Waals surface area contributed by atoms with E-state index >= 15 is 0 Å². The summed E-state index contributed by atoms with van der Waals surface area (Å²) in [6, 6.07) is 3.49. The molecular formula is C23H28ClNO5.